The minimum Gasteiger partial charge on any atom is -0.493 e. The third kappa shape index (κ3) is 5.52. The van der Waals surface area contributed by atoms with Gasteiger partial charge >= 0.3 is 0 Å². The second-order valence-electron chi connectivity index (χ2n) is 6.73. The Labute approximate surface area is 175 Å². The van der Waals surface area contributed by atoms with E-state index in [1.807, 2.05) is 34.5 Å². The van der Waals surface area contributed by atoms with Crippen LogP contribution in [0.4, 0.5) is 0 Å². The summed E-state index contributed by atoms with van der Waals surface area (Å²) in [6.45, 7) is 1.94. The number of amides is 1. The molecule has 29 heavy (non-hydrogen) atoms. The standard InChI is InChI=1S/C22H27NO5S/c1-25-19-12-16(13-20(26-2)22(19)27-3)8-9-21(24)23(14-17-6-4-10-28-17)15-18-7-5-11-29-18/h5,7-9,11-13,17H,4,6,10,14-15H2,1-3H3. The van der Waals surface area contributed by atoms with Crippen LogP contribution in [0.15, 0.2) is 35.7 Å². The number of methoxy groups -OCH3 is 3. The van der Waals surface area contributed by atoms with Crippen LogP contribution in [0.2, 0.25) is 0 Å². The van der Waals surface area contributed by atoms with Crippen molar-refractivity contribution in [1.29, 1.82) is 0 Å². The van der Waals surface area contributed by atoms with E-state index < -0.39 is 0 Å². The Hall–Kier alpha value is -2.51. The third-order valence-corrected chi connectivity index (χ3v) is 5.65. The zero-order chi connectivity index (χ0) is 20.6. The van der Waals surface area contributed by atoms with Gasteiger partial charge in [0.2, 0.25) is 11.7 Å². The SMILES string of the molecule is COc1cc(C=CC(=O)N(Cc2cccs2)CC2CCCO2)cc(OC)c1OC. The Balaban J connectivity index is 1.77. The van der Waals surface area contributed by atoms with Gasteiger partial charge in [-0.1, -0.05) is 6.07 Å². The average Bonchev–Trinajstić information content (AvgIpc) is 3.44. The maximum Gasteiger partial charge on any atom is 0.246 e. The number of benzene rings is 1. The molecule has 2 aromatic rings. The lowest BCUT2D eigenvalue weighted by Crippen LogP contribution is -2.35. The largest absolute Gasteiger partial charge is 0.493 e. The Morgan fingerprint density at radius 3 is 2.55 bits per heavy atom. The summed E-state index contributed by atoms with van der Waals surface area (Å²) in [6, 6.07) is 7.67. The van der Waals surface area contributed by atoms with Crippen LogP contribution < -0.4 is 14.2 Å². The lowest BCUT2D eigenvalue weighted by atomic mass is 10.1. The molecular formula is C22H27NO5S. The number of rotatable bonds is 9. The van der Waals surface area contributed by atoms with Crippen molar-refractivity contribution < 1.29 is 23.7 Å². The Morgan fingerprint density at radius 2 is 2.00 bits per heavy atom. The molecule has 1 amide bonds. The zero-order valence-electron chi connectivity index (χ0n) is 17.1. The maximum absolute atomic E-state index is 13.0. The molecule has 2 heterocycles. The molecule has 0 radical (unpaired) electrons. The quantitative estimate of drug-likeness (QED) is 0.578. The summed E-state index contributed by atoms with van der Waals surface area (Å²) in [5, 5.41) is 2.02. The van der Waals surface area contributed by atoms with Gasteiger partial charge in [0.05, 0.1) is 34.0 Å². The van der Waals surface area contributed by atoms with Crippen molar-refractivity contribution in [3.05, 3.63) is 46.2 Å². The Morgan fingerprint density at radius 1 is 1.24 bits per heavy atom. The summed E-state index contributed by atoms with van der Waals surface area (Å²) in [4.78, 5) is 16.0. The maximum atomic E-state index is 13.0. The molecule has 1 unspecified atom stereocenters. The predicted octanol–water partition coefficient (Wildman–Crippen LogP) is 3.99. The first kappa shape index (κ1) is 21.2. The van der Waals surface area contributed by atoms with Gasteiger partial charge in [0.1, 0.15) is 0 Å². The first-order valence-corrected chi connectivity index (χ1v) is 10.4. The van der Waals surface area contributed by atoms with Crippen molar-refractivity contribution >= 4 is 23.3 Å². The van der Waals surface area contributed by atoms with E-state index in [0.717, 1.165) is 29.9 Å². The number of carbonyl (C=O) groups excluding carboxylic acids is 1. The summed E-state index contributed by atoms with van der Waals surface area (Å²) in [6.07, 6.45) is 5.50. The molecule has 3 rings (SSSR count). The fourth-order valence-electron chi connectivity index (χ4n) is 3.33. The van der Waals surface area contributed by atoms with E-state index in [1.165, 1.54) is 0 Å². The van der Waals surface area contributed by atoms with Crippen LogP contribution in [0, 0.1) is 0 Å². The van der Waals surface area contributed by atoms with Crippen LogP contribution >= 0.6 is 11.3 Å². The third-order valence-electron chi connectivity index (χ3n) is 4.79. The van der Waals surface area contributed by atoms with Crippen LogP contribution in [-0.4, -0.2) is 51.4 Å². The van der Waals surface area contributed by atoms with Crippen molar-refractivity contribution in [2.24, 2.45) is 0 Å². The first-order valence-electron chi connectivity index (χ1n) is 9.55. The molecule has 0 N–H and O–H groups in total. The molecule has 0 saturated carbocycles. The fraction of sp³-hybridized carbons (Fsp3) is 0.409. The molecule has 156 valence electrons. The highest BCUT2D eigenvalue weighted by Crippen LogP contribution is 2.38. The normalized spacial score (nSPS) is 16.2. The van der Waals surface area contributed by atoms with Gasteiger partial charge in [0.15, 0.2) is 11.5 Å². The molecular weight excluding hydrogens is 390 g/mol. The van der Waals surface area contributed by atoms with E-state index in [-0.39, 0.29) is 12.0 Å². The van der Waals surface area contributed by atoms with E-state index >= 15 is 0 Å². The highest BCUT2D eigenvalue weighted by Gasteiger charge is 2.22. The molecule has 6 nitrogen and oxygen atoms in total. The first-order chi connectivity index (χ1) is 14.1. The van der Waals surface area contributed by atoms with E-state index in [9.17, 15) is 4.79 Å². The number of ether oxygens (including phenoxy) is 4. The number of nitrogens with zero attached hydrogens (tertiary/aromatic N) is 1. The Bertz CT molecular complexity index is 803. The van der Waals surface area contributed by atoms with Crippen molar-refractivity contribution in [1.82, 2.24) is 4.90 Å². The predicted molar refractivity (Wildman–Crippen MR) is 114 cm³/mol. The van der Waals surface area contributed by atoms with Crippen molar-refractivity contribution in [3.63, 3.8) is 0 Å². The van der Waals surface area contributed by atoms with Gasteiger partial charge in [-0.25, -0.2) is 0 Å². The second-order valence-corrected chi connectivity index (χ2v) is 7.76. The molecule has 7 heteroatoms. The number of carbonyl (C=O) groups is 1. The summed E-state index contributed by atoms with van der Waals surface area (Å²) >= 11 is 1.65. The molecule has 1 aliphatic heterocycles. The topological polar surface area (TPSA) is 57.2 Å². The highest BCUT2D eigenvalue weighted by atomic mass is 32.1. The molecule has 1 aromatic heterocycles. The Kier molecular flexibility index (Phi) is 7.55. The number of hydrogen-bond acceptors (Lipinski definition) is 6. The average molecular weight is 418 g/mol. The summed E-state index contributed by atoms with van der Waals surface area (Å²) in [5.74, 6) is 1.57. The molecule has 0 spiro atoms. The minimum atomic E-state index is -0.0531. The second kappa shape index (κ2) is 10.3. The smallest absolute Gasteiger partial charge is 0.246 e. The van der Waals surface area contributed by atoms with Crippen LogP contribution in [-0.2, 0) is 16.1 Å². The fourth-order valence-corrected chi connectivity index (χ4v) is 4.05. The van der Waals surface area contributed by atoms with E-state index in [2.05, 4.69) is 0 Å². The van der Waals surface area contributed by atoms with Crippen LogP contribution in [0.1, 0.15) is 23.3 Å². The van der Waals surface area contributed by atoms with Crippen molar-refractivity contribution in [3.8, 4) is 17.2 Å². The lowest BCUT2D eigenvalue weighted by molar-refractivity contribution is -0.128. The van der Waals surface area contributed by atoms with Gasteiger partial charge in [-0.3, -0.25) is 4.79 Å². The van der Waals surface area contributed by atoms with Crippen molar-refractivity contribution in [2.45, 2.75) is 25.5 Å². The van der Waals surface area contributed by atoms with Gasteiger partial charge in [-0.2, -0.15) is 0 Å². The van der Waals surface area contributed by atoms with Gasteiger partial charge in [-0.05, 0) is 48.1 Å². The van der Waals surface area contributed by atoms with E-state index in [1.54, 1.807) is 44.8 Å². The van der Waals surface area contributed by atoms with Crippen molar-refractivity contribution in [2.75, 3.05) is 34.5 Å². The van der Waals surface area contributed by atoms with Gasteiger partial charge in [-0.15, -0.1) is 11.3 Å². The minimum absolute atomic E-state index is 0.0531. The van der Waals surface area contributed by atoms with Gasteiger partial charge in [0, 0.05) is 24.1 Å². The zero-order valence-corrected chi connectivity index (χ0v) is 17.9. The van der Waals surface area contributed by atoms with Gasteiger partial charge < -0.3 is 23.8 Å². The van der Waals surface area contributed by atoms with E-state index in [0.29, 0.717) is 30.3 Å². The summed E-state index contributed by atoms with van der Waals surface area (Å²) < 4.78 is 21.9. The molecule has 1 fully saturated rings. The number of hydrogen-bond donors (Lipinski definition) is 0. The van der Waals surface area contributed by atoms with Gasteiger partial charge in [0.25, 0.3) is 0 Å². The molecule has 1 aliphatic rings. The van der Waals surface area contributed by atoms with Crippen LogP contribution in [0.25, 0.3) is 6.08 Å². The monoisotopic (exact) mass is 417 g/mol. The molecule has 1 saturated heterocycles. The molecule has 0 aliphatic carbocycles. The molecule has 1 atom stereocenters. The van der Waals surface area contributed by atoms with E-state index in [4.69, 9.17) is 18.9 Å². The summed E-state index contributed by atoms with van der Waals surface area (Å²) in [7, 11) is 4.70. The molecule has 0 bridgehead atoms. The number of thiophene rings is 1. The lowest BCUT2D eigenvalue weighted by Gasteiger charge is -2.24. The van der Waals surface area contributed by atoms with Crippen LogP contribution in [0.5, 0.6) is 17.2 Å². The summed E-state index contributed by atoms with van der Waals surface area (Å²) in [5.41, 5.74) is 0.793. The van der Waals surface area contributed by atoms with Crippen LogP contribution in [0.3, 0.4) is 0 Å². The highest BCUT2D eigenvalue weighted by molar-refractivity contribution is 7.09. The molecule has 1 aromatic carbocycles.